The van der Waals surface area contributed by atoms with E-state index in [-0.39, 0.29) is 12.2 Å². The average Bonchev–Trinajstić information content (AvgIpc) is 2.31. The summed E-state index contributed by atoms with van der Waals surface area (Å²) in [6.45, 7) is 2.40. The lowest BCUT2D eigenvalue weighted by Crippen LogP contribution is -2.42. The van der Waals surface area contributed by atoms with Gasteiger partial charge in [0.05, 0.1) is 18.8 Å². The van der Waals surface area contributed by atoms with E-state index in [1.54, 1.807) is 7.11 Å². The van der Waals surface area contributed by atoms with Crippen LogP contribution < -0.4 is 5.32 Å². The molecule has 1 saturated heterocycles. The molecule has 1 aliphatic rings. The molecular formula is C12H17NO2. The van der Waals surface area contributed by atoms with Crippen LogP contribution in [-0.4, -0.2) is 32.9 Å². The zero-order chi connectivity index (χ0) is 10.5. The first-order chi connectivity index (χ1) is 7.40. The van der Waals surface area contributed by atoms with Crippen LogP contribution in [0.5, 0.6) is 0 Å². The summed E-state index contributed by atoms with van der Waals surface area (Å²) in [6.07, 6.45) is 0.314. The molecule has 0 bridgehead atoms. The van der Waals surface area contributed by atoms with E-state index < -0.39 is 0 Å². The smallest absolute Gasteiger partial charge is 0.0954 e. The van der Waals surface area contributed by atoms with Crippen molar-refractivity contribution in [1.82, 2.24) is 5.32 Å². The Morgan fingerprint density at radius 1 is 1.33 bits per heavy atom. The molecule has 1 aromatic rings. The van der Waals surface area contributed by atoms with E-state index >= 15 is 0 Å². The second-order valence-corrected chi connectivity index (χ2v) is 3.77. The summed E-state index contributed by atoms with van der Waals surface area (Å²) in [4.78, 5) is 0. The molecule has 0 radical (unpaired) electrons. The molecule has 3 nitrogen and oxygen atoms in total. The van der Waals surface area contributed by atoms with Crippen molar-refractivity contribution in [1.29, 1.82) is 0 Å². The quantitative estimate of drug-likeness (QED) is 0.812. The van der Waals surface area contributed by atoms with Crippen LogP contribution in [0.4, 0.5) is 0 Å². The molecule has 1 aliphatic heterocycles. The maximum Gasteiger partial charge on any atom is 0.0954 e. The number of methoxy groups -OCH3 is 1. The van der Waals surface area contributed by atoms with Gasteiger partial charge in [-0.15, -0.1) is 0 Å². The average molecular weight is 207 g/mol. The molecule has 1 heterocycles. The Kier molecular flexibility index (Phi) is 3.72. The fourth-order valence-electron chi connectivity index (χ4n) is 1.85. The molecule has 1 fully saturated rings. The number of ether oxygens (including phenoxy) is 2. The lowest BCUT2D eigenvalue weighted by atomic mass is 10.1. The molecule has 15 heavy (non-hydrogen) atoms. The summed E-state index contributed by atoms with van der Waals surface area (Å²) in [6, 6.07) is 10.3. The minimum absolute atomic E-state index is 0.153. The largest absolute Gasteiger partial charge is 0.382 e. The zero-order valence-electron chi connectivity index (χ0n) is 8.98. The standard InChI is InChI=1S/C12H17NO2/c1-14-9-11-7-13-8-12(15-11)10-5-3-2-4-6-10/h2-6,11-13H,7-9H2,1H3. The van der Waals surface area contributed by atoms with Gasteiger partial charge in [0.15, 0.2) is 0 Å². The second-order valence-electron chi connectivity index (χ2n) is 3.77. The minimum atomic E-state index is 0.153. The van der Waals surface area contributed by atoms with Crippen molar-refractivity contribution in [2.24, 2.45) is 0 Å². The molecule has 0 saturated carbocycles. The third kappa shape index (κ3) is 2.78. The lowest BCUT2D eigenvalue weighted by molar-refractivity contribution is -0.0697. The van der Waals surface area contributed by atoms with Crippen molar-refractivity contribution in [2.75, 3.05) is 26.8 Å². The van der Waals surface area contributed by atoms with Crippen molar-refractivity contribution in [3.05, 3.63) is 35.9 Å². The summed E-state index contributed by atoms with van der Waals surface area (Å²) in [5.41, 5.74) is 1.23. The first-order valence-corrected chi connectivity index (χ1v) is 5.30. The molecule has 0 aromatic heterocycles. The molecule has 0 spiro atoms. The van der Waals surface area contributed by atoms with Gasteiger partial charge >= 0.3 is 0 Å². The number of hydrogen-bond donors (Lipinski definition) is 1. The number of morpholine rings is 1. The van der Waals surface area contributed by atoms with E-state index in [2.05, 4.69) is 17.4 Å². The van der Waals surface area contributed by atoms with Crippen LogP contribution in [0.25, 0.3) is 0 Å². The molecule has 1 N–H and O–H groups in total. The van der Waals surface area contributed by atoms with E-state index in [0.717, 1.165) is 13.1 Å². The maximum absolute atomic E-state index is 5.93. The van der Waals surface area contributed by atoms with Crippen molar-refractivity contribution < 1.29 is 9.47 Å². The van der Waals surface area contributed by atoms with Gasteiger partial charge in [-0.1, -0.05) is 30.3 Å². The first-order valence-electron chi connectivity index (χ1n) is 5.30. The molecule has 2 rings (SSSR count). The van der Waals surface area contributed by atoms with Gasteiger partial charge in [0.25, 0.3) is 0 Å². The topological polar surface area (TPSA) is 30.5 Å². The van der Waals surface area contributed by atoms with Crippen LogP contribution in [0.15, 0.2) is 30.3 Å². The van der Waals surface area contributed by atoms with Gasteiger partial charge in [-0.3, -0.25) is 0 Å². The maximum atomic E-state index is 5.93. The Morgan fingerprint density at radius 3 is 2.87 bits per heavy atom. The predicted octanol–water partition coefficient (Wildman–Crippen LogP) is 1.36. The zero-order valence-corrected chi connectivity index (χ0v) is 8.98. The van der Waals surface area contributed by atoms with Crippen LogP contribution in [0.2, 0.25) is 0 Å². The molecule has 3 heteroatoms. The number of nitrogens with one attached hydrogen (secondary N) is 1. The summed E-state index contributed by atoms with van der Waals surface area (Å²) in [5, 5.41) is 3.36. The third-order valence-corrected chi connectivity index (χ3v) is 2.58. The van der Waals surface area contributed by atoms with Crippen LogP contribution >= 0.6 is 0 Å². The van der Waals surface area contributed by atoms with Crippen LogP contribution in [-0.2, 0) is 9.47 Å². The summed E-state index contributed by atoms with van der Waals surface area (Å²) < 4.78 is 11.0. The highest BCUT2D eigenvalue weighted by Gasteiger charge is 2.22. The van der Waals surface area contributed by atoms with E-state index in [1.165, 1.54) is 5.56 Å². The molecular weight excluding hydrogens is 190 g/mol. The van der Waals surface area contributed by atoms with Gasteiger partial charge in [0, 0.05) is 20.2 Å². The SMILES string of the molecule is COCC1CNCC(c2ccccc2)O1. The highest BCUT2D eigenvalue weighted by atomic mass is 16.5. The summed E-state index contributed by atoms with van der Waals surface area (Å²) in [7, 11) is 1.70. The number of hydrogen-bond acceptors (Lipinski definition) is 3. The van der Waals surface area contributed by atoms with Crippen molar-refractivity contribution in [3.8, 4) is 0 Å². The number of benzene rings is 1. The van der Waals surface area contributed by atoms with E-state index in [4.69, 9.17) is 9.47 Å². The van der Waals surface area contributed by atoms with Gasteiger partial charge in [-0.2, -0.15) is 0 Å². The second kappa shape index (κ2) is 5.26. The van der Waals surface area contributed by atoms with Gasteiger partial charge in [-0.05, 0) is 5.56 Å². The Bertz CT molecular complexity index is 287. The number of rotatable bonds is 3. The van der Waals surface area contributed by atoms with Crippen LogP contribution in [0, 0.1) is 0 Å². The van der Waals surface area contributed by atoms with Gasteiger partial charge in [-0.25, -0.2) is 0 Å². The normalized spacial score (nSPS) is 26.5. The van der Waals surface area contributed by atoms with Gasteiger partial charge < -0.3 is 14.8 Å². The molecule has 2 atom stereocenters. The van der Waals surface area contributed by atoms with E-state index in [0.29, 0.717) is 6.61 Å². The van der Waals surface area contributed by atoms with E-state index in [9.17, 15) is 0 Å². The Labute approximate surface area is 90.4 Å². The van der Waals surface area contributed by atoms with Gasteiger partial charge in [0.1, 0.15) is 0 Å². The Hall–Kier alpha value is -0.900. The highest BCUT2D eigenvalue weighted by molar-refractivity contribution is 5.18. The highest BCUT2D eigenvalue weighted by Crippen LogP contribution is 2.20. The monoisotopic (exact) mass is 207 g/mol. The van der Waals surface area contributed by atoms with Crippen molar-refractivity contribution in [3.63, 3.8) is 0 Å². The fourth-order valence-corrected chi connectivity index (χ4v) is 1.85. The molecule has 0 aliphatic carbocycles. The van der Waals surface area contributed by atoms with Crippen molar-refractivity contribution >= 4 is 0 Å². The molecule has 2 unspecified atom stereocenters. The van der Waals surface area contributed by atoms with Crippen LogP contribution in [0.3, 0.4) is 0 Å². The van der Waals surface area contributed by atoms with Crippen LogP contribution in [0.1, 0.15) is 11.7 Å². The Morgan fingerprint density at radius 2 is 2.13 bits per heavy atom. The molecule has 82 valence electrons. The van der Waals surface area contributed by atoms with Gasteiger partial charge in [0.2, 0.25) is 0 Å². The van der Waals surface area contributed by atoms with Crippen molar-refractivity contribution in [2.45, 2.75) is 12.2 Å². The molecule has 0 amide bonds. The Balaban J connectivity index is 1.98. The fraction of sp³-hybridized carbons (Fsp3) is 0.500. The minimum Gasteiger partial charge on any atom is -0.382 e. The van der Waals surface area contributed by atoms with E-state index in [1.807, 2.05) is 18.2 Å². The lowest BCUT2D eigenvalue weighted by Gasteiger charge is -2.30. The first kappa shape index (κ1) is 10.6. The molecule has 1 aromatic carbocycles. The summed E-state index contributed by atoms with van der Waals surface area (Å²) in [5.74, 6) is 0. The predicted molar refractivity (Wildman–Crippen MR) is 58.8 cm³/mol. The summed E-state index contributed by atoms with van der Waals surface area (Å²) >= 11 is 0. The third-order valence-electron chi connectivity index (χ3n) is 2.58.